The van der Waals surface area contributed by atoms with E-state index in [4.69, 9.17) is 21.1 Å². The largest absolute Gasteiger partial charge is 0.497 e. The molecule has 0 unspecified atom stereocenters. The van der Waals surface area contributed by atoms with Crippen molar-refractivity contribution < 1.29 is 33.4 Å². The molecule has 1 saturated heterocycles. The van der Waals surface area contributed by atoms with Gasteiger partial charge < -0.3 is 9.47 Å². The average Bonchev–Trinajstić information content (AvgIpc) is 3.25. The fourth-order valence-electron chi connectivity index (χ4n) is 4.88. The van der Waals surface area contributed by atoms with Gasteiger partial charge in [-0.25, -0.2) is 9.80 Å². The van der Waals surface area contributed by atoms with Crippen LogP contribution in [0.25, 0.3) is 0 Å². The van der Waals surface area contributed by atoms with Gasteiger partial charge in [-0.15, -0.1) is 0 Å². The molecule has 208 valence electrons. The maximum absolute atomic E-state index is 13.6. The molecule has 9 nitrogen and oxygen atoms in total. The highest BCUT2D eigenvalue weighted by Gasteiger charge is 2.51. The average molecular weight is 573 g/mol. The highest BCUT2D eigenvalue weighted by molar-refractivity contribution is 6.34. The van der Waals surface area contributed by atoms with Crippen molar-refractivity contribution in [3.8, 4) is 11.5 Å². The minimum Gasteiger partial charge on any atom is -0.497 e. The number of carbonyl (C=O) groups is 5. The number of amides is 3. The molecule has 0 radical (unpaired) electrons. The van der Waals surface area contributed by atoms with E-state index < -0.39 is 47.9 Å². The van der Waals surface area contributed by atoms with E-state index in [2.05, 4.69) is 0 Å². The topological polar surface area (TPSA) is 110 Å². The molecule has 2 atom stereocenters. The van der Waals surface area contributed by atoms with Gasteiger partial charge in [-0.05, 0) is 67.4 Å². The lowest BCUT2D eigenvalue weighted by molar-refractivity contribution is -0.154. The molecular weight excluding hydrogens is 548 g/mol. The Morgan fingerprint density at radius 3 is 2.15 bits per heavy atom. The van der Waals surface area contributed by atoms with Gasteiger partial charge in [0.1, 0.15) is 18.0 Å². The Labute approximate surface area is 240 Å². The van der Waals surface area contributed by atoms with Crippen molar-refractivity contribution in [3.63, 3.8) is 0 Å². The number of halogens is 1. The van der Waals surface area contributed by atoms with Gasteiger partial charge in [0.2, 0.25) is 0 Å². The molecule has 0 aromatic heterocycles. The maximum Gasteiger partial charge on any atom is 0.343 e. The van der Waals surface area contributed by atoms with Gasteiger partial charge in [0.25, 0.3) is 17.7 Å². The number of fused-ring (bicyclic) bond motifs is 1. The number of esters is 1. The van der Waals surface area contributed by atoms with Gasteiger partial charge in [-0.2, -0.15) is 5.01 Å². The van der Waals surface area contributed by atoms with E-state index in [9.17, 15) is 24.0 Å². The third kappa shape index (κ3) is 5.62. The summed E-state index contributed by atoms with van der Waals surface area (Å²) in [6.07, 6.45) is 4.43. The molecule has 3 aromatic carbocycles. The molecule has 1 heterocycles. The third-order valence-corrected chi connectivity index (χ3v) is 7.38. The van der Waals surface area contributed by atoms with Crippen LogP contribution in [0.5, 0.6) is 11.5 Å². The van der Waals surface area contributed by atoms with Crippen LogP contribution in [-0.4, -0.2) is 53.1 Å². The number of rotatable bonds is 8. The Kier molecular flexibility index (Phi) is 7.98. The Bertz CT molecular complexity index is 1540. The zero-order valence-corrected chi connectivity index (χ0v) is 22.7. The number of ether oxygens (including phenoxy) is 2. The van der Waals surface area contributed by atoms with Gasteiger partial charge >= 0.3 is 5.97 Å². The molecular formula is C31H25ClN2O7. The van der Waals surface area contributed by atoms with Crippen LogP contribution in [0, 0.1) is 11.8 Å². The van der Waals surface area contributed by atoms with Gasteiger partial charge in [0.05, 0.1) is 35.1 Å². The third-order valence-electron chi connectivity index (χ3n) is 7.05. The van der Waals surface area contributed by atoms with Crippen LogP contribution in [0.2, 0.25) is 5.02 Å². The molecule has 5 rings (SSSR count). The number of methoxy groups -OCH3 is 1. The van der Waals surface area contributed by atoms with Crippen LogP contribution >= 0.6 is 11.6 Å². The van der Waals surface area contributed by atoms with Gasteiger partial charge in [-0.1, -0.05) is 42.0 Å². The minimum atomic E-state index is -0.749. The second-order valence-corrected chi connectivity index (χ2v) is 9.96. The summed E-state index contributed by atoms with van der Waals surface area (Å²) < 4.78 is 10.5. The highest BCUT2D eigenvalue weighted by atomic mass is 35.5. The minimum absolute atomic E-state index is 0.0513. The zero-order valence-electron chi connectivity index (χ0n) is 22.0. The standard InChI is InChI=1S/C31H25ClN2O7/c1-40-22-8-6-7-20(17-22)31(39)41-21-15-13-19(14-16-21)27(35)18-33(28(36)25-11-4-5-12-26(25)32)34-29(37)23-9-2-3-10-24(23)30(34)38/h2-8,11-17,23-24H,9-10,18H2,1H3/t23-,24-/m1/s1. The molecule has 3 amide bonds. The summed E-state index contributed by atoms with van der Waals surface area (Å²) in [5.41, 5.74) is 0.519. The molecule has 0 saturated carbocycles. The molecule has 1 aliphatic heterocycles. The molecule has 3 aromatic rings. The van der Waals surface area contributed by atoms with E-state index >= 15 is 0 Å². The molecule has 0 N–H and O–H groups in total. The highest BCUT2D eigenvalue weighted by Crippen LogP contribution is 2.36. The number of hydrogen-bond donors (Lipinski definition) is 0. The summed E-state index contributed by atoms with van der Waals surface area (Å²) in [4.78, 5) is 66.2. The Hall–Kier alpha value is -4.76. The number of nitrogens with zero attached hydrogens (tertiary/aromatic N) is 2. The molecule has 1 aliphatic carbocycles. The molecule has 2 aliphatic rings. The lowest BCUT2D eigenvalue weighted by Crippen LogP contribution is -2.52. The van der Waals surface area contributed by atoms with E-state index in [1.807, 2.05) is 12.2 Å². The maximum atomic E-state index is 13.6. The first-order chi connectivity index (χ1) is 19.8. The van der Waals surface area contributed by atoms with Crippen molar-refractivity contribution in [1.29, 1.82) is 0 Å². The zero-order chi connectivity index (χ0) is 29.1. The van der Waals surface area contributed by atoms with Gasteiger partial charge in [-0.3, -0.25) is 19.2 Å². The molecule has 41 heavy (non-hydrogen) atoms. The number of ketones is 1. The normalized spacial score (nSPS) is 17.7. The number of allylic oxidation sites excluding steroid dienone is 2. The van der Waals surface area contributed by atoms with Crippen molar-refractivity contribution in [3.05, 3.63) is 107 Å². The van der Waals surface area contributed by atoms with Crippen molar-refractivity contribution in [1.82, 2.24) is 10.0 Å². The first-order valence-corrected chi connectivity index (χ1v) is 13.2. The number of carbonyl (C=O) groups excluding carboxylic acids is 5. The summed E-state index contributed by atoms with van der Waals surface area (Å²) >= 11 is 6.26. The summed E-state index contributed by atoms with van der Waals surface area (Å²) in [7, 11) is 1.49. The number of hydrazine groups is 1. The molecule has 0 spiro atoms. The fraction of sp³-hybridized carbons (Fsp3) is 0.194. The van der Waals surface area contributed by atoms with Crippen molar-refractivity contribution in [2.75, 3.05) is 13.7 Å². The quantitative estimate of drug-likeness (QED) is 0.126. The van der Waals surface area contributed by atoms with E-state index in [0.717, 1.165) is 10.0 Å². The van der Waals surface area contributed by atoms with Crippen molar-refractivity contribution in [2.24, 2.45) is 11.8 Å². The summed E-state index contributed by atoms with van der Waals surface area (Å²) in [5, 5.41) is 1.80. The first-order valence-electron chi connectivity index (χ1n) is 12.9. The first kappa shape index (κ1) is 27.8. The second kappa shape index (κ2) is 11.8. The van der Waals surface area contributed by atoms with Crippen LogP contribution in [0.15, 0.2) is 84.9 Å². The van der Waals surface area contributed by atoms with Crippen molar-refractivity contribution in [2.45, 2.75) is 12.8 Å². The molecule has 0 bridgehead atoms. The van der Waals surface area contributed by atoms with Crippen LogP contribution < -0.4 is 9.47 Å². The summed E-state index contributed by atoms with van der Waals surface area (Å²) in [6, 6.07) is 18.5. The summed E-state index contributed by atoms with van der Waals surface area (Å²) in [6.45, 7) is -0.586. The van der Waals surface area contributed by atoms with E-state index in [-0.39, 0.29) is 27.5 Å². The molecule has 1 fully saturated rings. The monoisotopic (exact) mass is 572 g/mol. The Morgan fingerprint density at radius 2 is 1.51 bits per heavy atom. The fourth-order valence-corrected chi connectivity index (χ4v) is 5.10. The lowest BCUT2D eigenvalue weighted by atomic mass is 9.85. The summed E-state index contributed by atoms with van der Waals surface area (Å²) in [5.74, 6) is -3.45. The Balaban J connectivity index is 1.37. The second-order valence-electron chi connectivity index (χ2n) is 9.56. The van der Waals surface area contributed by atoms with Crippen LogP contribution in [0.1, 0.15) is 43.9 Å². The smallest absolute Gasteiger partial charge is 0.343 e. The number of imide groups is 1. The number of Topliss-reactive ketones (excluding diaryl/α,β-unsaturated/α-hetero) is 1. The van der Waals surface area contributed by atoms with E-state index in [1.54, 1.807) is 30.3 Å². The van der Waals surface area contributed by atoms with Crippen molar-refractivity contribution >= 4 is 41.1 Å². The lowest BCUT2D eigenvalue weighted by Gasteiger charge is -2.30. The number of hydrogen-bond acceptors (Lipinski definition) is 7. The van der Waals surface area contributed by atoms with Crippen LogP contribution in [-0.2, 0) is 9.59 Å². The van der Waals surface area contributed by atoms with Crippen LogP contribution in [0.4, 0.5) is 0 Å². The molecule has 10 heteroatoms. The number of benzene rings is 3. The van der Waals surface area contributed by atoms with E-state index in [1.165, 1.54) is 49.6 Å². The van der Waals surface area contributed by atoms with Gasteiger partial charge in [0.15, 0.2) is 5.78 Å². The van der Waals surface area contributed by atoms with Crippen LogP contribution in [0.3, 0.4) is 0 Å². The van der Waals surface area contributed by atoms with Gasteiger partial charge in [0, 0.05) is 5.56 Å². The predicted octanol–water partition coefficient (Wildman–Crippen LogP) is 4.76. The predicted molar refractivity (Wildman–Crippen MR) is 148 cm³/mol. The SMILES string of the molecule is COc1cccc(C(=O)Oc2ccc(C(=O)CN(C(=O)c3ccccc3Cl)N3C(=O)[C@@H]4CC=CC[C@H]4C3=O)cc2)c1. The Morgan fingerprint density at radius 1 is 0.854 bits per heavy atom. The van der Waals surface area contributed by atoms with E-state index in [0.29, 0.717) is 18.6 Å².